The molecule has 0 amide bonds. The summed E-state index contributed by atoms with van der Waals surface area (Å²) in [6.45, 7) is 6.06. The zero-order valence-electron chi connectivity index (χ0n) is 7.29. The summed E-state index contributed by atoms with van der Waals surface area (Å²) in [6, 6.07) is 8.14. The molecule has 1 rings (SSSR count). The Morgan fingerprint density at radius 2 is 1.55 bits per heavy atom. The molecule has 1 aromatic carbocycles. The standard InChI is InChI=1S/C8H8S.C2H6/c1-7-2-4-8(6-9)5-3-7;1-2/h2-6H,1H3;1-2H3. The van der Waals surface area contributed by atoms with E-state index in [0.29, 0.717) is 0 Å². The Hall–Kier alpha value is -0.690. The van der Waals surface area contributed by atoms with E-state index < -0.39 is 0 Å². The smallest absolute Gasteiger partial charge is 0.00861 e. The molecule has 0 saturated carbocycles. The lowest BCUT2D eigenvalue weighted by atomic mass is 10.2. The van der Waals surface area contributed by atoms with E-state index in [4.69, 9.17) is 12.2 Å². The molecule has 0 heterocycles. The Labute approximate surface area is 74.3 Å². The molecule has 60 valence electrons. The average molecular weight is 166 g/mol. The molecule has 0 radical (unpaired) electrons. The quantitative estimate of drug-likeness (QED) is 0.576. The van der Waals surface area contributed by atoms with Crippen molar-refractivity contribution in [2.24, 2.45) is 0 Å². The topological polar surface area (TPSA) is 0 Å². The van der Waals surface area contributed by atoms with Crippen LogP contribution in [-0.4, -0.2) is 5.37 Å². The van der Waals surface area contributed by atoms with Crippen LogP contribution in [0.4, 0.5) is 0 Å². The van der Waals surface area contributed by atoms with Crippen LogP contribution in [0.2, 0.25) is 0 Å². The van der Waals surface area contributed by atoms with Gasteiger partial charge in [0.2, 0.25) is 0 Å². The SMILES string of the molecule is CC.Cc1ccc(C=S)cc1. The van der Waals surface area contributed by atoms with Gasteiger partial charge in [-0.3, -0.25) is 0 Å². The Kier molecular flexibility index (Phi) is 5.67. The van der Waals surface area contributed by atoms with Gasteiger partial charge in [0, 0.05) is 5.37 Å². The molecule has 0 saturated heterocycles. The van der Waals surface area contributed by atoms with E-state index in [-0.39, 0.29) is 0 Å². The van der Waals surface area contributed by atoms with Gasteiger partial charge in [-0.05, 0) is 12.5 Å². The van der Waals surface area contributed by atoms with E-state index in [1.54, 1.807) is 5.37 Å². The summed E-state index contributed by atoms with van der Waals surface area (Å²) in [5, 5.41) is 1.68. The minimum absolute atomic E-state index is 1.11. The molecule has 0 aromatic heterocycles. The molecule has 0 N–H and O–H groups in total. The molecule has 11 heavy (non-hydrogen) atoms. The van der Waals surface area contributed by atoms with Gasteiger partial charge in [0.1, 0.15) is 0 Å². The zero-order chi connectivity index (χ0) is 8.69. The van der Waals surface area contributed by atoms with Crippen molar-refractivity contribution in [1.29, 1.82) is 0 Å². The van der Waals surface area contributed by atoms with Gasteiger partial charge >= 0.3 is 0 Å². The maximum absolute atomic E-state index is 4.74. The van der Waals surface area contributed by atoms with Crippen LogP contribution in [0, 0.1) is 6.92 Å². The first-order valence-electron chi connectivity index (χ1n) is 3.85. The maximum Gasteiger partial charge on any atom is 0.00861 e. The molecular formula is C10H14S. The summed E-state index contributed by atoms with van der Waals surface area (Å²) < 4.78 is 0. The van der Waals surface area contributed by atoms with Crippen molar-refractivity contribution in [3.63, 3.8) is 0 Å². The molecule has 1 heteroatoms. The average Bonchev–Trinajstić information content (AvgIpc) is 2.10. The van der Waals surface area contributed by atoms with Gasteiger partial charge in [0.25, 0.3) is 0 Å². The normalized spacial score (nSPS) is 7.91. The van der Waals surface area contributed by atoms with E-state index in [9.17, 15) is 0 Å². The predicted octanol–water partition coefficient (Wildman–Crippen LogP) is 3.37. The lowest BCUT2D eigenvalue weighted by molar-refractivity contribution is 1.47. The van der Waals surface area contributed by atoms with Crippen LogP contribution >= 0.6 is 12.2 Å². The molecule has 0 bridgehead atoms. The fraction of sp³-hybridized carbons (Fsp3) is 0.300. The predicted molar refractivity (Wildman–Crippen MR) is 55.3 cm³/mol. The molecule has 0 aliphatic rings. The first-order valence-corrected chi connectivity index (χ1v) is 4.32. The zero-order valence-corrected chi connectivity index (χ0v) is 8.11. The highest BCUT2D eigenvalue weighted by Gasteiger charge is 1.83. The Morgan fingerprint density at radius 1 is 1.09 bits per heavy atom. The van der Waals surface area contributed by atoms with Gasteiger partial charge in [0.05, 0.1) is 0 Å². The first kappa shape index (κ1) is 10.3. The number of rotatable bonds is 1. The van der Waals surface area contributed by atoms with Crippen LogP contribution in [0.3, 0.4) is 0 Å². The van der Waals surface area contributed by atoms with Crippen molar-refractivity contribution in [3.05, 3.63) is 35.4 Å². The summed E-state index contributed by atoms with van der Waals surface area (Å²) in [4.78, 5) is 0. The second-order valence-corrected chi connectivity index (χ2v) is 2.26. The number of hydrogen-bond donors (Lipinski definition) is 0. The molecule has 0 spiro atoms. The fourth-order valence-electron chi connectivity index (χ4n) is 0.645. The van der Waals surface area contributed by atoms with Crippen molar-refractivity contribution in [2.45, 2.75) is 20.8 Å². The van der Waals surface area contributed by atoms with Gasteiger partial charge in [-0.2, -0.15) is 0 Å². The fourth-order valence-corrected chi connectivity index (χ4v) is 0.802. The number of thiocarbonyl (C=S) groups is 1. The van der Waals surface area contributed by atoms with E-state index in [0.717, 1.165) is 5.56 Å². The van der Waals surface area contributed by atoms with Crippen LogP contribution in [0.1, 0.15) is 25.0 Å². The summed E-state index contributed by atoms with van der Waals surface area (Å²) >= 11 is 4.74. The third kappa shape index (κ3) is 3.89. The van der Waals surface area contributed by atoms with Crippen LogP contribution in [0.15, 0.2) is 24.3 Å². The highest BCUT2D eigenvalue weighted by atomic mass is 32.1. The Balaban J connectivity index is 0.000000461. The second kappa shape index (κ2) is 6.05. The number of hydrogen-bond acceptors (Lipinski definition) is 1. The van der Waals surface area contributed by atoms with Gasteiger partial charge in [-0.15, -0.1) is 0 Å². The maximum atomic E-state index is 4.74. The van der Waals surface area contributed by atoms with Crippen LogP contribution < -0.4 is 0 Å². The van der Waals surface area contributed by atoms with Crippen LogP contribution in [-0.2, 0) is 0 Å². The third-order valence-electron chi connectivity index (χ3n) is 1.21. The van der Waals surface area contributed by atoms with Crippen molar-refractivity contribution >= 4 is 17.6 Å². The van der Waals surface area contributed by atoms with Gasteiger partial charge < -0.3 is 0 Å². The molecule has 0 unspecified atom stereocenters. The Bertz CT molecular complexity index is 199. The van der Waals surface area contributed by atoms with E-state index in [1.807, 2.05) is 26.0 Å². The van der Waals surface area contributed by atoms with Crippen LogP contribution in [0.25, 0.3) is 0 Å². The molecular weight excluding hydrogens is 152 g/mol. The molecule has 0 atom stereocenters. The number of benzene rings is 1. The monoisotopic (exact) mass is 166 g/mol. The summed E-state index contributed by atoms with van der Waals surface area (Å²) in [7, 11) is 0. The summed E-state index contributed by atoms with van der Waals surface area (Å²) in [5.41, 5.74) is 2.38. The molecule has 0 aliphatic carbocycles. The second-order valence-electron chi connectivity index (χ2n) is 2.03. The van der Waals surface area contributed by atoms with Gasteiger partial charge in [-0.1, -0.05) is 55.9 Å². The van der Waals surface area contributed by atoms with E-state index in [2.05, 4.69) is 19.1 Å². The molecule has 0 aliphatic heterocycles. The van der Waals surface area contributed by atoms with Crippen molar-refractivity contribution in [1.82, 2.24) is 0 Å². The summed E-state index contributed by atoms with van der Waals surface area (Å²) in [6.07, 6.45) is 0. The lowest BCUT2D eigenvalue weighted by Crippen LogP contribution is -1.76. The molecule has 1 aromatic rings. The Morgan fingerprint density at radius 3 is 1.91 bits per heavy atom. The highest BCUT2D eigenvalue weighted by molar-refractivity contribution is 7.79. The molecule has 0 nitrogen and oxygen atoms in total. The van der Waals surface area contributed by atoms with E-state index in [1.165, 1.54) is 5.56 Å². The van der Waals surface area contributed by atoms with Gasteiger partial charge in [-0.25, -0.2) is 0 Å². The lowest BCUT2D eigenvalue weighted by Gasteiger charge is -1.90. The van der Waals surface area contributed by atoms with Crippen molar-refractivity contribution < 1.29 is 0 Å². The third-order valence-corrected chi connectivity index (χ3v) is 1.49. The van der Waals surface area contributed by atoms with Gasteiger partial charge in [0.15, 0.2) is 0 Å². The first-order chi connectivity index (χ1) is 5.33. The minimum atomic E-state index is 1.11. The minimum Gasteiger partial charge on any atom is -0.0881 e. The number of aryl methyl sites for hydroxylation is 1. The van der Waals surface area contributed by atoms with Crippen LogP contribution in [0.5, 0.6) is 0 Å². The largest absolute Gasteiger partial charge is 0.0881 e. The van der Waals surface area contributed by atoms with Crippen molar-refractivity contribution in [3.8, 4) is 0 Å². The molecule has 0 fully saturated rings. The summed E-state index contributed by atoms with van der Waals surface area (Å²) in [5.74, 6) is 0. The van der Waals surface area contributed by atoms with Crippen molar-refractivity contribution in [2.75, 3.05) is 0 Å². The van der Waals surface area contributed by atoms with E-state index >= 15 is 0 Å². The highest BCUT2D eigenvalue weighted by Crippen LogP contribution is 1.99.